The number of non-ortho nitro benzene ring substituents is 1. The molecule has 0 aliphatic carbocycles. The number of aromatic amines is 1. The monoisotopic (exact) mass is 231 g/mol. The fraction of sp³-hybridized carbons (Fsp3) is 0.0909. The maximum absolute atomic E-state index is 10.8. The first kappa shape index (κ1) is 11.0. The number of rotatable bonds is 3. The molecule has 1 aromatic carbocycles. The minimum absolute atomic E-state index is 0.0633. The van der Waals surface area contributed by atoms with Gasteiger partial charge < -0.3 is 4.98 Å². The van der Waals surface area contributed by atoms with E-state index in [1.165, 1.54) is 18.3 Å². The number of hydrogen-bond donors (Lipinski definition) is 1. The van der Waals surface area contributed by atoms with Crippen LogP contribution in [0.15, 0.2) is 41.5 Å². The highest BCUT2D eigenvalue weighted by Gasteiger charge is 2.04. The van der Waals surface area contributed by atoms with E-state index in [0.717, 1.165) is 11.1 Å². The first-order chi connectivity index (χ1) is 8.15. The molecule has 0 fully saturated rings. The lowest BCUT2D eigenvalue weighted by Gasteiger charge is -2.00. The van der Waals surface area contributed by atoms with Crippen LogP contribution in [0.2, 0.25) is 0 Å². The molecule has 0 unspecified atom stereocenters. The topological polar surface area (TPSA) is 88.9 Å². The Morgan fingerprint density at radius 3 is 2.47 bits per heavy atom. The molecule has 17 heavy (non-hydrogen) atoms. The number of nitro benzene ring substituents is 1. The van der Waals surface area contributed by atoms with Crippen molar-refractivity contribution in [3.05, 3.63) is 68.4 Å². The Morgan fingerprint density at radius 1 is 1.24 bits per heavy atom. The standard InChI is InChI=1S/C11H9N3O3/c15-11-12-6-9(7-13-11)5-8-1-3-10(4-2-8)14(16)17/h1-4,6-7H,5H2,(H,12,13,15). The van der Waals surface area contributed by atoms with Gasteiger partial charge in [-0.1, -0.05) is 12.1 Å². The summed E-state index contributed by atoms with van der Waals surface area (Å²) in [6.07, 6.45) is 3.64. The Morgan fingerprint density at radius 2 is 1.94 bits per heavy atom. The molecule has 6 heteroatoms. The number of nitrogens with one attached hydrogen (secondary N) is 1. The van der Waals surface area contributed by atoms with Crippen LogP contribution < -0.4 is 5.69 Å². The molecule has 86 valence electrons. The van der Waals surface area contributed by atoms with Gasteiger partial charge in [0.2, 0.25) is 0 Å². The number of hydrogen-bond acceptors (Lipinski definition) is 4. The van der Waals surface area contributed by atoms with Crippen molar-refractivity contribution < 1.29 is 4.92 Å². The van der Waals surface area contributed by atoms with E-state index in [4.69, 9.17) is 0 Å². The second-order valence-corrected chi connectivity index (χ2v) is 3.53. The van der Waals surface area contributed by atoms with Crippen LogP contribution in [0.4, 0.5) is 5.69 Å². The highest BCUT2D eigenvalue weighted by Crippen LogP contribution is 2.14. The first-order valence-electron chi connectivity index (χ1n) is 4.92. The minimum Gasteiger partial charge on any atom is -0.312 e. The number of benzene rings is 1. The summed E-state index contributed by atoms with van der Waals surface area (Å²) in [6.45, 7) is 0. The molecule has 0 spiro atoms. The Hall–Kier alpha value is -2.50. The second-order valence-electron chi connectivity index (χ2n) is 3.53. The molecule has 2 aromatic rings. The SMILES string of the molecule is O=c1ncc(Cc2ccc([N+](=O)[O-])cc2)c[nH]1. The first-order valence-corrected chi connectivity index (χ1v) is 4.92. The lowest BCUT2D eigenvalue weighted by Crippen LogP contribution is -2.09. The summed E-state index contributed by atoms with van der Waals surface area (Å²) >= 11 is 0. The van der Waals surface area contributed by atoms with Gasteiger partial charge in [0.05, 0.1) is 4.92 Å². The van der Waals surface area contributed by atoms with Crippen molar-refractivity contribution in [1.29, 1.82) is 0 Å². The Labute approximate surface area is 96.1 Å². The fourth-order valence-electron chi connectivity index (χ4n) is 1.44. The van der Waals surface area contributed by atoms with E-state index in [0.29, 0.717) is 6.42 Å². The van der Waals surface area contributed by atoms with Crippen molar-refractivity contribution in [2.24, 2.45) is 0 Å². The summed E-state index contributed by atoms with van der Waals surface area (Å²) < 4.78 is 0. The average molecular weight is 231 g/mol. The summed E-state index contributed by atoms with van der Waals surface area (Å²) in [4.78, 5) is 26.9. The normalized spacial score (nSPS) is 10.1. The zero-order valence-corrected chi connectivity index (χ0v) is 8.79. The second kappa shape index (κ2) is 4.56. The van der Waals surface area contributed by atoms with Crippen molar-refractivity contribution in [3.8, 4) is 0 Å². The number of H-pyrrole nitrogens is 1. The smallest absolute Gasteiger partial charge is 0.312 e. The van der Waals surface area contributed by atoms with Crippen LogP contribution >= 0.6 is 0 Å². The van der Waals surface area contributed by atoms with E-state index < -0.39 is 10.6 Å². The molecule has 1 heterocycles. The van der Waals surface area contributed by atoms with Gasteiger partial charge in [0.1, 0.15) is 0 Å². The average Bonchev–Trinajstić information content (AvgIpc) is 2.33. The summed E-state index contributed by atoms with van der Waals surface area (Å²) in [5.74, 6) is 0. The van der Waals surface area contributed by atoms with Gasteiger partial charge in [-0.2, -0.15) is 0 Å². The molecule has 2 rings (SSSR count). The highest BCUT2D eigenvalue weighted by atomic mass is 16.6. The van der Waals surface area contributed by atoms with Crippen LogP contribution in [-0.2, 0) is 6.42 Å². The van der Waals surface area contributed by atoms with Gasteiger partial charge in [-0.25, -0.2) is 9.78 Å². The quantitative estimate of drug-likeness (QED) is 0.636. The fourth-order valence-corrected chi connectivity index (χ4v) is 1.44. The van der Waals surface area contributed by atoms with E-state index in [1.54, 1.807) is 18.3 Å². The van der Waals surface area contributed by atoms with Gasteiger partial charge in [0.25, 0.3) is 5.69 Å². The molecule has 0 atom stereocenters. The molecule has 0 amide bonds. The molecule has 0 saturated heterocycles. The number of aromatic nitrogens is 2. The Kier molecular flexibility index (Phi) is 2.95. The molecular formula is C11H9N3O3. The van der Waals surface area contributed by atoms with E-state index in [1.807, 2.05) is 0 Å². The lowest BCUT2D eigenvalue weighted by molar-refractivity contribution is -0.384. The van der Waals surface area contributed by atoms with Gasteiger partial charge >= 0.3 is 5.69 Å². The molecule has 1 N–H and O–H groups in total. The maximum atomic E-state index is 10.8. The van der Waals surface area contributed by atoms with E-state index in [2.05, 4.69) is 9.97 Å². The van der Waals surface area contributed by atoms with Crippen molar-refractivity contribution >= 4 is 5.69 Å². The number of nitro groups is 1. The van der Waals surface area contributed by atoms with Crippen LogP contribution in [0.1, 0.15) is 11.1 Å². The molecule has 0 radical (unpaired) electrons. The van der Waals surface area contributed by atoms with Crippen molar-refractivity contribution in [3.63, 3.8) is 0 Å². The third-order valence-electron chi connectivity index (χ3n) is 2.28. The van der Waals surface area contributed by atoms with Gasteiger partial charge in [-0.05, 0) is 11.1 Å². The van der Waals surface area contributed by atoms with Crippen molar-refractivity contribution in [2.45, 2.75) is 6.42 Å². The molecule has 0 bridgehead atoms. The van der Waals surface area contributed by atoms with E-state index in [-0.39, 0.29) is 5.69 Å². The summed E-state index contributed by atoms with van der Waals surface area (Å²) in [7, 11) is 0. The van der Waals surface area contributed by atoms with Gasteiger partial charge in [-0.3, -0.25) is 10.1 Å². The molecule has 0 aliphatic heterocycles. The Balaban J connectivity index is 2.16. The molecule has 6 nitrogen and oxygen atoms in total. The van der Waals surface area contributed by atoms with Crippen LogP contribution in [0.3, 0.4) is 0 Å². The zero-order valence-electron chi connectivity index (χ0n) is 8.79. The highest BCUT2D eigenvalue weighted by molar-refractivity contribution is 5.34. The van der Waals surface area contributed by atoms with Gasteiger partial charge in [0.15, 0.2) is 0 Å². The van der Waals surface area contributed by atoms with Crippen LogP contribution in [0, 0.1) is 10.1 Å². The molecule has 0 aliphatic rings. The molecule has 1 aromatic heterocycles. The predicted molar refractivity (Wildman–Crippen MR) is 60.8 cm³/mol. The summed E-state index contributed by atoms with van der Waals surface area (Å²) in [5, 5.41) is 10.5. The third kappa shape index (κ3) is 2.75. The van der Waals surface area contributed by atoms with Crippen molar-refractivity contribution in [2.75, 3.05) is 0 Å². The zero-order chi connectivity index (χ0) is 12.3. The largest absolute Gasteiger partial charge is 0.344 e. The van der Waals surface area contributed by atoms with Gasteiger partial charge in [-0.15, -0.1) is 0 Å². The van der Waals surface area contributed by atoms with Crippen LogP contribution in [0.5, 0.6) is 0 Å². The van der Waals surface area contributed by atoms with Crippen LogP contribution in [-0.4, -0.2) is 14.9 Å². The van der Waals surface area contributed by atoms with E-state index in [9.17, 15) is 14.9 Å². The number of nitrogens with zero attached hydrogens (tertiary/aromatic N) is 2. The predicted octanol–water partition coefficient (Wildman–Crippen LogP) is 1.27. The van der Waals surface area contributed by atoms with E-state index >= 15 is 0 Å². The summed E-state index contributed by atoms with van der Waals surface area (Å²) in [6, 6.07) is 6.27. The molecule has 0 saturated carbocycles. The lowest BCUT2D eigenvalue weighted by atomic mass is 10.1. The third-order valence-corrected chi connectivity index (χ3v) is 2.28. The maximum Gasteiger partial charge on any atom is 0.344 e. The van der Waals surface area contributed by atoms with Crippen LogP contribution in [0.25, 0.3) is 0 Å². The Bertz CT molecular complexity index is 569. The summed E-state index contributed by atoms with van der Waals surface area (Å²) in [5.41, 5.74) is 1.44. The molecular weight excluding hydrogens is 222 g/mol. The van der Waals surface area contributed by atoms with Gasteiger partial charge in [0, 0.05) is 30.9 Å². The minimum atomic E-state index is -0.439. The van der Waals surface area contributed by atoms with Crippen molar-refractivity contribution in [1.82, 2.24) is 9.97 Å².